The monoisotopic (exact) mass is 247 g/mol. The molecule has 1 aromatic carbocycles. The van der Waals surface area contributed by atoms with Gasteiger partial charge in [0.1, 0.15) is 12.4 Å². The fourth-order valence-corrected chi connectivity index (χ4v) is 1.51. The van der Waals surface area contributed by atoms with Crippen LogP contribution in [0.2, 0.25) is 0 Å². The Bertz CT molecular complexity index is 495. The van der Waals surface area contributed by atoms with Crippen LogP contribution in [0.4, 0.5) is 5.69 Å². The third-order valence-electron chi connectivity index (χ3n) is 2.53. The number of hydrogen-bond donors (Lipinski definition) is 1. The minimum absolute atomic E-state index is 0.594. The van der Waals surface area contributed by atoms with Gasteiger partial charge in [-0.1, -0.05) is 0 Å². The van der Waals surface area contributed by atoms with Crippen molar-refractivity contribution in [1.82, 2.24) is 9.88 Å². The first-order valence-corrected chi connectivity index (χ1v) is 5.73. The summed E-state index contributed by atoms with van der Waals surface area (Å²) in [5, 5.41) is 0. The van der Waals surface area contributed by atoms with Crippen molar-refractivity contribution in [2.24, 2.45) is 0 Å². The number of nitrogen functional groups attached to an aromatic ring is 1. The molecule has 0 bridgehead atoms. The molecule has 0 saturated carbocycles. The van der Waals surface area contributed by atoms with Gasteiger partial charge in [0.05, 0.1) is 11.9 Å². The Hall–Kier alpha value is -2.01. The summed E-state index contributed by atoms with van der Waals surface area (Å²) < 4.78 is 10.9. The van der Waals surface area contributed by atoms with Crippen molar-refractivity contribution in [2.45, 2.75) is 0 Å². The first-order chi connectivity index (χ1) is 8.66. The van der Waals surface area contributed by atoms with Gasteiger partial charge < -0.3 is 19.8 Å². The van der Waals surface area contributed by atoms with E-state index in [-0.39, 0.29) is 0 Å². The topological polar surface area (TPSA) is 64.5 Å². The molecule has 0 aliphatic heterocycles. The number of anilines is 1. The van der Waals surface area contributed by atoms with Gasteiger partial charge in [0.15, 0.2) is 12.2 Å². The molecule has 18 heavy (non-hydrogen) atoms. The van der Waals surface area contributed by atoms with E-state index in [0.717, 1.165) is 12.1 Å². The Morgan fingerprint density at radius 2 is 2.22 bits per heavy atom. The summed E-state index contributed by atoms with van der Waals surface area (Å²) in [7, 11) is 4.00. The lowest BCUT2D eigenvalue weighted by molar-refractivity contribution is 0.262. The fourth-order valence-electron chi connectivity index (χ4n) is 1.51. The van der Waals surface area contributed by atoms with Gasteiger partial charge in [-0.2, -0.15) is 0 Å². The Morgan fingerprint density at radius 1 is 1.39 bits per heavy atom. The van der Waals surface area contributed by atoms with Crippen LogP contribution in [0.3, 0.4) is 0 Å². The molecule has 0 unspecified atom stereocenters. The predicted molar refractivity (Wildman–Crippen MR) is 70.4 cm³/mol. The minimum Gasteiger partial charge on any atom is -0.490 e. The van der Waals surface area contributed by atoms with Crippen molar-refractivity contribution < 1.29 is 9.15 Å². The fraction of sp³-hybridized carbons (Fsp3) is 0.308. The van der Waals surface area contributed by atoms with E-state index in [1.54, 1.807) is 6.20 Å². The average Bonchev–Trinajstić information content (AvgIpc) is 2.84. The summed E-state index contributed by atoms with van der Waals surface area (Å²) in [6.07, 6.45) is 3.06. The second-order valence-electron chi connectivity index (χ2n) is 4.27. The second-order valence-corrected chi connectivity index (χ2v) is 4.27. The molecule has 96 valence electrons. The third-order valence-corrected chi connectivity index (χ3v) is 2.53. The largest absolute Gasteiger partial charge is 0.490 e. The van der Waals surface area contributed by atoms with Crippen LogP contribution in [0.5, 0.6) is 5.75 Å². The van der Waals surface area contributed by atoms with Gasteiger partial charge >= 0.3 is 0 Å². The lowest BCUT2D eigenvalue weighted by Crippen LogP contribution is -2.19. The quantitative estimate of drug-likeness (QED) is 0.817. The van der Waals surface area contributed by atoms with E-state index in [0.29, 0.717) is 23.8 Å². The van der Waals surface area contributed by atoms with E-state index in [9.17, 15) is 0 Å². The van der Waals surface area contributed by atoms with Gasteiger partial charge in [-0.3, -0.25) is 0 Å². The lowest BCUT2D eigenvalue weighted by atomic mass is 10.1. The smallest absolute Gasteiger partial charge is 0.181 e. The molecule has 0 radical (unpaired) electrons. The number of rotatable bonds is 5. The van der Waals surface area contributed by atoms with Crippen LogP contribution in [-0.4, -0.2) is 37.1 Å². The first kappa shape index (κ1) is 12.4. The number of benzene rings is 1. The highest BCUT2D eigenvalue weighted by atomic mass is 16.5. The highest BCUT2D eigenvalue weighted by molar-refractivity contribution is 5.65. The number of oxazole rings is 1. The molecule has 1 aromatic heterocycles. The summed E-state index contributed by atoms with van der Waals surface area (Å²) in [5.74, 6) is 1.37. The van der Waals surface area contributed by atoms with Crippen LogP contribution in [0.1, 0.15) is 0 Å². The maximum Gasteiger partial charge on any atom is 0.181 e. The molecule has 0 atom stereocenters. The lowest BCUT2D eigenvalue weighted by Gasteiger charge is -2.13. The molecule has 1 heterocycles. The van der Waals surface area contributed by atoms with Gasteiger partial charge in [0.2, 0.25) is 0 Å². The summed E-state index contributed by atoms with van der Waals surface area (Å²) in [6.45, 7) is 1.43. The summed E-state index contributed by atoms with van der Waals surface area (Å²) in [5.41, 5.74) is 7.40. The van der Waals surface area contributed by atoms with Gasteiger partial charge in [-0.25, -0.2) is 4.98 Å². The molecular weight excluding hydrogens is 230 g/mol. The number of nitrogens with zero attached hydrogens (tertiary/aromatic N) is 2. The molecule has 0 aliphatic carbocycles. The standard InChI is InChI=1S/C13H17N3O2/c1-16(2)5-6-17-12-7-10(3-4-11(12)14)13-8-15-9-18-13/h3-4,7-9H,5-6,14H2,1-2H3. The molecule has 2 rings (SSSR count). The first-order valence-electron chi connectivity index (χ1n) is 5.73. The van der Waals surface area contributed by atoms with Crippen LogP contribution >= 0.6 is 0 Å². The van der Waals surface area contributed by atoms with Crippen LogP contribution < -0.4 is 10.5 Å². The Labute approximate surface area is 106 Å². The molecule has 0 aliphatic rings. The highest BCUT2D eigenvalue weighted by Crippen LogP contribution is 2.28. The minimum atomic E-state index is 0.594. The van der Waals surface area contributed by atoms with Crippen molar-refractivity contribution in [3.05, 3.63) is 30.8 Å². The highest BCUT2D eigenvalue weighted by Gasteiger charge is 2.06. The van der Waals surface area contributed by atoms with E-state index >= 15 is 0 Å². The number of likely N-dealkylation sites (N-methyl/N-ethyl adjacent to an activating group) is 1. The predicted octanol–water partition coefficient (Wildman–Crippen LogP) is 1.86. The molecule has 0 amide bonds. The Kier molecular flexibility index (Phi) is 3.84. The van der Waals surface area contributed by atoms with Gasteiger partial charge in [0, 0.05) is 12.1 Å². The van der Waals surface area contributed by atoms with E-state index in [1.807, 2.05) is 32.3 Å². The van der Waals surface area contributed by atoms with Gasteiger partial charge in [-0.15, -0.1) is 0 Å². The normalized spacial score (nSPS) is 10.8. The number of ether oxygens (including phenoxy) is 1. The van der Waals surface area contributed by atoms with E-state index in [1.165, 1.54) is 6.39 Å². The SMILES string of the molecule is CN(C)CCOc1cc(-c2cnco2)ccc1N. The van der Waals surface area contributed by atoms with Gasteiger partial charge in [-0.05, 0) is 32.3 Å². The maximum atomic E-state index is 5.87. The van der Waals surface area contributed by atoms with E-state index in [2.05, 4.69) is 9.88 Å². The van der Waals surface area contributed by atoms with E-state index in [4.69, 9.17) is 14.9 Å². The summed E-state index contributed by atoms with van der Waals surface area (Å²) in [6, 6.07) is 5.56. The second kappa shape index (κ2) is 5.55. The van der Waals surface area contributed by atoms with Crippen LogP contribution in [0.15, 0.2) is 35.2 Å². The molecule has 0 saturated heterocycles. The third kappa shape index (κ3) is 3.01. The number of aromatic nitrogens is 1. The molecule has 2 aromatic rings. The van der Waals surface area contributed by atoms with Crippen molar-refractivity contribution in [2.75, 3.05) is 33.0 Å². The maximum absolute atomic E-state index is 5.87. The average molecular weight is 247 g/mol. The Balaban J connectivity index is 2.12. The molecule has 5 nitrogen and oxygen atoms in total. The molecule has 5 heteroatoms. The van der Waals surface area contributed by atoms with Crippen molar-refractivity contribution >= 4 is 5.69 Å². The van der Waals surface area contributed by atoms with Crippen LogP contribution in [0, 0.1) is 0 Å². The molecular formula is C13H17N3O2. The summed E-state index contributed by atoms with van der Waals surface area (Å²) >= 11 is 0. The zero-order valence-electron chi connectivity index (χ0n) is 10.6. The number of nitrogens with two attached hydrogens (primary N) is 1. The number of hydrogen-bond acceptors (Lipinski definition) is 5. The zero-order chi connectivity index (χ0) is 13.0. The molecule has 0 spiro atoms. The van der Waals surface area contributed by atoms with Crippen molar-refractivity contribution in [3.8, 4) is 17.1 Å². The van der Waals surface area contributed by atoms with Gasteiger partial charge in [0.25, 0.3) is 0 Å². The van der Waals surface area contributed by atoms with Crippen molar-refractivity contribution in [1.29, 1.82) is 0 Å². The van der Waals surface area contributed by atoms with E-state index < -0.39 is 0 Å². The van der Waals surface area contributed by atoms with Crippen LogP contribution in [0.25, 0.3) is 11.3 Å². The summed E-state index contributed by atoms with van der Waals surface area (Å²) in [4.78, 5) is 5.94. The Morgan fingerprint density at radius 3 is 2.89 bits per heavy atom. The van der Waals surface area contributed by atoms with Crippen molar-refractivity contribution in [3.63, 3.8) is 0 Å². The zero-order valence-corrected chi connectivity index (χ0v) is 10.6. The van der Waals surface area contributed by atoms with Crippen LogP contribution in [-0.2, 0) is 0 Å². The molecule has 0 fully saturated rings. The molecule has 2 N–H and O–H groups in total.